The quantitative estimate of drug-likeness (QED) is 0.183. The second kappa shape index (κ2) is 12.0. The summed E-state index contributed by atoms with van der Waals surface area (Å²) in [6.45, 7) is 0. The van der Waals surface area contributed by atoms with E-state index in [1.165, 1.54) is 93.2 Å². The van der Waals surface area contributed by atoms with Crippen LogP contribution >= 0.6 is 11.8 Å². The van der Waals surface area contributed by atoms with Gasteiger partial charge in [-0.3, -0.25) is 0 Å². The minimum Gasteiger partial charge on any atom is -0.368 e. The number of hydrogen-bond donors (Lipinski definition) is 1. The number of para-hydroxylation sites is 2. The molecule has 1 aromatic heterocycles. The van der Waals surface area contributed by atoms with Crippen LogP contribution in [0.2, 0.25) is 0 Å². The van der Waals surface area contributed by atoms with E-state index in [1.54, 1.807) is 0 Å². The van der Waals surface area contributed by atoms with E-state index in [-0.39, 0.29) is 17.3 Å². The van der Waals surface area contributed by atoms with Crippen molar-refractivity contribution >= 4 is 72.2 Å². The molecule has 3 unspecified atom stereocenters. The number of anilines is 3. The number of thioether (sulfide) groups is 1. The highest BCUT2D eigenvalue weighted by Crippen LogP contribution is 2.52. The second-order valence-corrected chi connectivity index (χ2v) is 16.1. The van der Waals surface area contributed by atoms with Gasteiger partial charge in [0.15, 0.2) is 0 Å². The molecule has 4 heteroatoms. The smallest absolute Gasteiger partial charge is 0.103 e. The number of benzene rings is 8. The summed E-state index contributed by atoms with van der Waals surface area (Å²) in [5, 5.41) is 11.8. The molecule has 0 fully saturated rings. The predicted molar refractivity (Wildman–Crippen MR) is 233 cm³/mol. The van der Waals surface area contributed by atoms with E-state index in [9.17, 15) is 0 Å². The maximum atomic E-state index is 3.88. The molecule has 260 valence electrons. The molecule has 3 nitrogen and oxygen atoms in total. The van der Waals surface area contributed by atoms with Gasteiger partial charge in [-0.1, -0.05) is 145 Å². The number of nitrogens with one attached hydrogen (secondary N) is 1. The van der Waals surface area contributed by atoms with Crippen molar-refractivity contribution in [3.05, 3.63) is 199 Å². The summed E-state index contributed by atoms with van der Waals surface area (Å²) in [5.41, 5.74) is 12.5. The monoisotopic (exact) mass is 721 g/mol. The third kappa shape index (κ3) is 4.71. The summed E-state index contributed by atoms with van der Waals surface area (Å²) in [4.78, 5) is 3.86. The predicted octanol–water partition coefficient (Wildman–Crippen LogP) is 13.7. The first kappa shape index (κ1) is 30.9. The normalized spacial score (nSPS) is 18.3. The van der Waals surface area contributed by atoms with Crippen LogP contribution in [0.3, 0.4) is 0 Å². The van der Waals surface area contributed by atoms with Gasteiger partial charge >= 0.3 is 0 Å². The molecule has 0 saturated heterocycles. The SMILES string of the molecule is C1=CC2c3cc(-c4ccc(-n5c6ccccc6c6ccccc65)cc4)ccc3N(c3ccc4c(ccc5ccc6c(c54)NC(c4ccccc4)S6)c3)C2C=C1. The fourth-order valence-corrected chi connectivity index (χ4v) is 10.6. The zero-order valence-electron chi connectivity index (χ0n) is 29.9. The molecule has 3 aliphatic rings. The van der Waals surface area contributed by atoms with Gasteiger partial charge in [0.05, 0.1) is 22.8 Å². The van der Waals surface area contributed by atoms with Gasteiger partial charge in [0, 0.05) is 44.0 Å². The molecule has 8 aromatic carbocycles. The standard InChI is InChI=1S/C51H35N3S/c1-2-10-34(11-3-1)51-52-50-48(55-51)29-23-33-18-19-36-30-38(26-27-39(36)49(33)50)54-46-17-9-6-14-42(46)43-31-35(22-28-47(43)54)32-20-24-37(25-21-32)53-44-15-7-4-12-40(44)41-13-5-8-16-45(41)53/h1-31,42,46,51-52H. The van der Waals surface area contributed by atoms with E-state index < -0.39 is 0 Å². The topological polar surface area (TPSA) is 20.2 Å². The molecule has 0 spiro atoms. The van der Waals surface area contributed by atoms with Crippen LogP contribution in [0.4, 0.5) is 17.1 Å². The highest BCUT2D eigenvalue weighted by molar-refractivity contribution is 8.00. The number of fused-ring (bicyclic) bond motifs is 11. The lowest BCUT2D eigenvalue weighted by Gasteiger charge is -2.29. The van der Waals surface area contributed by atoms with Gasteiger partial charge in [0.25, 0.3) is 0 Å². The van der Waals surface area contributed by atoms with Crippen molar-refractivity contribution in [2.24, 2.45) is 0 Å². The molecule has 2 aliphatic heterocycles. The largest absolute Gasteiger partial charge is 0.368 e. The Balaban J connectivity index is 0.911. The molecule has 0 amide bonds. The van der Waals surface area contributed by atoms with E-state index in [4.69, 9.17) is 0 Å². The first-order valence-corrected chi connectivity index (χ1v) is 20.0. The van der Waals surface area contributed by atoms with Crippen LogP contribution in [0.5, 0.6) is 0 Å². The number of rotatable bonds is 4. The Bertz CT molecular complexity index is 3010. The van der Waals surface area contributed by atoms with Crippen LogP contribution in [0.25, 0.3) is 60.2 Å². The van der Waals surface area contributed by atoms with E-state index in [2.05, 4.69) is 203 Å². The summed E-state index contributed by atoms with van der Waals surface area (Å²) in [6, 6.07) is 60.8. The lowest BCUT2D eigenvalue weighted by molar-refractivity contribution is 0.745. The second-order valence-electron chi connectivity index (χ2n) is 14.9. The average molecular weight is 722 g/mol. The molecule has 55 heavy (non-hydrogen) atoms. The van der Waals surface area contributed by atoms with E-state index in [0.29, 0.717) is 0 Å². The lowest BCUT2D eigenvalue weighted by Crippen LogP contribution is -2.28. The van der Waals surface area contributed by atoms with Crippen molar-refractivity contribution in [2.45, 2.75) is 22.2 Å². The number of hydrogen-bond acceptors (Lipinski definition) is 3. The first-order chi connectivity index (χ1) is 27.3. The zero-order chi connectivity index (χ0) is 36.0. The molecule has 0 radical (unpaired) electrons. The minimum absolute atomic E-state index is 0.211. The summed E-state index contributed by atoms with van der Waals surface area (Å²) in [6.07, 6.45) is 9.16. The van der Waals surface area contributed by atoms with E-state index >= 15 is 0 Å². The molecular weight excluding hydrogens is 687 g/mol. The molecule has 1 aliphatic carbocycles. The Morgan fingerprint density at radius 3 is 2.04 bits per heavy atom. The summed E-state index contributed by atoms with van der Waals surface area (Å²) >= 11 is 1.91. The number of aromatic nitrogens is 1. The van der Waals surface area contributed by atoms with Gasteiger partial charge in [-0.05, 0) is 93.0 Å². The van der Waals surface area contributed by atoms with Gasteiger partial charge in [-0.25, -0.2) is 0 Å². The third-order valence-corrected chi connectivity index (χ3v) is 13.2. The van der Waals surface area contributed by atoms with Crippen molar-refractivity contribution in [1.29, 1.82) is 0 Å². The van der Waals surface area contributed by atoms with Gasteiger partial charge in [-0.15, -0.1) is 0 Å². The highest BCUT2D eigenvalue weighted by atomic mass is 32.2. The summed E-state index contributed by atoms with van der Waals surface area (Å²) in [5.74, 6) is 0.281. The van der Waals surface area contributed by atoms with Crippen LogP contribution < -0.4 is 10.2 Å². The number of nitrogens with zero attached hydrogens (tertiary/aromatic N) is 2. The van der Waals surface area contributed by atoms with Crippen LogP contribution in [-0.2, 0) is 0 Å². The Kier molecular flexibility index (Phi) is 6.75. The highest BCUT2D eigenvalue weighted by Gasteiger charge is 2.37. The van der Waals surface area contributed by atoms with Crippen LogP contribution in [0.15, 0.2) is 193 Å². The Hall–Kier alpha value is -6.49. The molecule has 9 aromatic rings. The van der Waals surface area contributed by atoms with Gasteiger partial charge in [0.1, 0.15) is 5.37 Å². The summed E-state index contributed by atoms with van der Waals surface area (Å²) < 4.78 is 2.38. The first-order valence-electron chi connectivity index (χ1n) is 19.1. The third-order valence-electron chi connectivity index (χ3n) is 11.9. The van der Waals surface area contributed by atoms with Crippen molar-refractivity contribution < 1.29 is 0 Å². The molecular formula is C51H35N3S. The minimum atomic E-state index is 0.211. The van der Waals surface area contributed by atoms with Crippen molar-refractivity contribution in [3.63, 3.8) is 0 Å². The van der Waals surface area contributed by atoms with Gasteiger partial charge < -0.3 is 14.8 Å². The molecule has 3 atom stereocenters. The number of allylic oxidation sites excluding steroid dienone is 2. The van der Waals surface area contributed by atoms with Gasteiger partial charge in [0.2, 0.25) is 0 Å². The maximum absolute atomic E-state index is 3.88. The van der Waals surface area contributed by atoms with Crippen molar-refractivity contribution in [2.75, 3.05) is 10.2 Å². The Labute approximate surface area is 323 Å². The Morgan fingerprint density at radius 1 is 0.527 bits per heavy atom. The molecule has 3 heterocycles. The fourth-order valence-electron chi connectivity index (χ4n) is 9.41. The van der Waals surface area contributed by atoms with Crippen LogP contribution in [0, 0.1) is 0 Å². The lowest BCUT2D eigenvalue weighted by atomic mass is 9.89. The molecule has 1 N–H and O–H groups in total. The maximum Gasteiger partial charge on any atom is 0.103 e. The fraction of sp³-hybridized carbons (Fsp3) is 0.0588. The average Bonchev–Trinajstić information content (AvgIpc) is 3.94. The molecule has 12 rings (SSSR count). The molecule has 0 saturated carbocycles. The van der Waals surface area contributed by atoms with Crippen molar-refractivity contribution in [3.8, 4) is 16.8 Å². The van der Waals surface area contributed by atoms with E-state index in [1.807, 2.05) is 11.8 Å². The van der Waals surface area contributed by atoms with Crippen LogP contribution in [0.1, 0.15) is 22.4 Å². The summed E-state index contributed by atoms with van der Waals surface area (Å²) in [7, 11) is 0. The van der Waals surface area contributed by atoms with E-state index in [0.717, 1.165) is 0 Å². The van der Waals surface area contributed by atoms with Crippen LogP contribution in [-0.4, -0.2) is 10.6 Å². The van der Waals surface area contributed by atoms with Gasteiger partial charge in [-0.2, -0.15) is 0 Å². The molecule has 0 bridgehead atoms. The Morgan fingerprint density at radius 2 is 1.22 bits per heavy atom. The van der Waals surface area contributed by atoms with Crippen molar-refractivity contribution in [1.82, 2.24) is 4.57 Å². The zero-order valence-corrected chi connectivity index (χ0v) is 30.7.